The summed E-state index contributed by atoms with van der Waals surface area (Å²) in [4.78, 5) is 27.5. The summed E-state index contributed by atoms with van der Waals surface area (Å²) in [5.74, 6) is 0.274. The molecule has 17 heavy (non-hydrogen) atoms. The van der Waals surface area contributed by atoms with E-state index in [0.717, 1.165) is 6.42 Å². The Kier molecular flexibility index (Phi) is 3.52. The molecule has 1 aromatic rings. The van der Waals surface area contributed by atoms with Crippen LogP contribution in [0.2, 0.25) is 0 Å². The third-order valence-electron chi connectivity index (χ3n) is 3.15. The predicted molar refractivity (Wildman–Crippen MR) is 66.4 cm³/mol. The van der Waals surface area contributed by atoms with Crippen LogP contribution in [0.3, 0.4) is 0 Å². The molecule has 2 heterocycles. The standard InChI is InChI=1S/C12H15ClN2O2/c1-8-5-6-15(7-9(8)13)12(17)10-3-2-4-11(16)14-10/h2-4,8-9H,5-7H2,1H3,(H,14,16). The lowest BCUT2D eigenvalue weighted by atomic mass is 9.98. The SMILES string of the molecule is CC1CCN(C(=O)c2cccc(=O)[nH]2)CC1Cl. The number of pyridine rings is 1. The minimum atomic E-state index is -0.261. The zero-order chi connectivity index (χ0) is 12.4. The van der Waals surface area contributed by atoms with E-state index in [9.17, 15) is 9.59 Å². The van der Waals surface area contributed by atoms with Crippen molar-refractivity contribution in [2.24, 2.45) is 5.92 Å². The molecular formula is C12H15ClN2O2. The van der Waals surface area contributed by atoms with Crippen molar-refractivity contribution >= 4 is 17.5 Å². The van der Waals surface area contributed by atoms with Crippen molar-refractivity contribution in [1.82, 2.24) is 9.88 Å². The number of likely N-dealkylation sites (tertiary alicyclic amines) is 1. The number of aromatic nitrogens is 1. The van der Waals surface area contributed by atoms with E-state index in [4.69, 9.17) is 11.6 Å². The van der Waals surface area contributed by atoms with Gasteiger partial charge in [-0.25, -0.2) is 0 Å². The number of halogens is 1. The number of nitrogens with zero attached hydrogens (tertiary/aromatic N) is 1. The van der Waals surface area contributed by atoms with Crippen molar-refractivity contribution in [2.45, 2.75) is 18.7 Å². The van der Waals surface area contributed by atoms with Crippen LogP contribution in [0, 0.1) is 5.92 Å². The lowest BCUT2D eigenvalue weighted by Crippen LogP contribution is -2.44. The minimum absolute atomic E-state index is 0.0110. The van der Waals surface area contributed by atoms with Crippen LogP contribution in [0.15, 0.2) is 23.0 Å². The highest BCUT2D eigenvalue weighted by Crippen LogP contribution is 2.22. The maximum Gasteiger partial charge on any atom is 0.270 e. The normalized spacial score (nSPS) is 24.7. The first-order chi connectivity index (χ1) is 8.08. The third-order valence-corrected chi connectivity index (χ3v) is 3.72. The minimum Gasteiger partial charge on any atom is -0.336 e. The Labute approximate surface area is 105 Å². The predicted octanol–water partition coefficient (Wildman–Crippen LogP) is 1.46. The highest BCUT2D eigenvalue weighted by atomic mass is 35.5. The van der Waals surface area contributed by atoms with Gasteiger partial charge < -0.3 is 9.88 Å². The summed E-state index contributed by atoms with van der Waals surface area (Å²) in [6.45, 7) is 3.32. The van der Waals surface area contributed by atoms with Crippen molar-refractivity contribution < 1.29 is 4.79 Å². The number of piperidine rings is 1. The van der Waals surface area contributed by atoms with Gasteiger partial charge in [0.05, 0.1) is 5.38 Å². The van der Waals surface area contributed by atoms with E-state index < -0.39 is 0 Å². The molecule has 0 radical (unpaired) electrons. The van der Waals surface area contributed by atoms with Gasteiger partial charge in [-0.3, -0.25) is 9.59 Å². The van der Waals surface area contributed by atoms with Gasteiger partial charge in [0.25, 0.3) is 5.91 Å². The Morgan fingerprint density at radius 2 is 2.29 bits per heavy atom. The molecule has 2 rings (SSSR count). The van der Waals surface area contributed by atoms with Gasteiger partial charge in [-0.2, -0.15) is 0 Å². The van der Waals surface area contributed by atoms with E-state index >= 15 is 0 Å². The van der Waals surface area contributed by atoms with E-state index in [0.29, 0.717) is 24.7 Å². The molecule has 1 aliphatic rings. The molecule has 1 amide bonds. The molecule has 1 saturated heterocycles. The van der Waals surface area contributed by atoms with Crippen LogP contribution < -0.4 is 5.56 Å². The Morgan fingerprint density at radius 3 is 2.94 bits per heavy atom. The van der Waals surface area contributed by atoms with Crippen LogP contribution in [0.4, 0.5) is 0 Å². The van der Waals surface area contributed by atoms with Crippen LogP contribution in [0.5, 0.6) is 0 Å². The van der Waals surface area contributed by atoms with Crippen molar-refractivity contribution in [3.8, 4) is 0 Å². The molecule has 1 N–H and O–H groups in total. The van der Waals surface area contributed by atoms with Crippen LogP contribution in [0.25, 0.3) is 0 Å². The Balaban J connectivity index is 2.13. The van der Waals surface area contributed by atoms with Crippen LogP contribution in [-0.2, 0) is 0 Å². The average molecular weight is 255 g/mol. The van der Waals surface area contributed by atoms with Gasteiger partial charge in [-0.05, 0) is 18.4 Å². The molecule has 92 valence electrons. The molecule has 0 aliphatic carbocycles. The molecule has 2 atom stereocenters. The summed E-state index contributed by atoms with van der Waals surface area (Å²) in [5, 5.41) is -0.0110. The summed E-state index contributed by atoms with van der Waals surface area (Å²) in [7, 11) is 0. The Hall–Kier alpha value is -1.29. The maximum atomic E-state index is 12.1. The number of hydrogen-bond donors (Lipinski definition) is 1. The molecular weight excluding hydrogens is 240 g/mol. The smallest absolute Gasteiger partial charge is 0.270 e. The van der Waals surface area contributed by atoms with Gasteiger partial charge in [0, 0.05) is 19.2 Å². The van der Waals surface area contributed by atoms with Crippen molar-refractivity contribution in [1.29, 1.82) is 0 Å². The number of aromatic amines is 1. The Morgan fingerprint density at radius 1 is 1.53 bits per heavy atom. The number of alkyl halides is 1. The van der Waals surface area contributed by atoms with Gasteiger partial charge in [0.2, 0.25) is 5.56 Å². The number of carbonyl (C=O) groups excluding carboxylic acids is 1. The van der Waals surface area contributed by atoms with Gasteiger partial charge in [0.1, 0.15) is 5.69 Å². The summed E-state index contributed by atoms with van der Waals surface area (Å²) >= 11 is 6.16. The topological polar surface area (TPSA) is 53.2 Å². The highest BCUT2D eigenvalue weighted by molar-refractivity contribution is 6.21. The molecule has 0 bridgehead atoms. The first-order valence-corrected chi connectivity index (χ1v) is 6.14. The van der Waals surface area contributed by atoms with Gasteiger partial charge in [0.15, 0.2) is 0 Å². The maximum absolute atomic E-state index is 12.1. The molecule has 1 aromatic heterocycles. The summed E-state index contributed by atoms with van der Waals surface area (Å²) < 4.78 is 0. The van der Waals surface area contributed by atoms with Gasteiger partial charge in [-0.15, -0.1) is 11.6 Å². The first kappa shape index (κ1) is 12.2. The van der Waals surface area contributed by atoms with E-state index in [1.165, 1.54) is 6.07 Å². The molecule has 0 spiro atoms. The second-order valence-corrected chi connectivity index (χ2v) is 5.02. The molecule has 0 saturated carbocycles. The zero-order valence-electron chi connectivity index (χ0n) is 9.65. The van der Waals surface area contributed by atoms with E-state index in [2.05, 4.69) is 11.9 Å². The van der Waals surface area contributed by atoms with E-state index in [1.807, 2.05) is 0 Å². The molecule has 5 heteroatoms. The summed E-state index contributed by atoms with van der Waals surface area (Å²) in [5.41, 5.74) is 0.0690. The molecule has 2 unspecified atom stereocenters. The van der Waals surface area contributed by atoms with Gasteiger partial charge >= 0.3 is 0 Å². The van der Waals surface area contributed by atoms with E-state index in [-0.39, 0.29) is 16.8 Å². The molecule has 4 nitrogen and oxygen atoms in total. The van der Waals surface area contributed by atoms with Crippen molar-refractivity contribution in [3.63, 3.8) is 0 Å². The van der Waals surface area contributed by atoms with Crippen LogP contribution in [0.1, 0.15) is 23.8 Å². The fourth-order valence-electron chi connectivity index (χ4n) is 1.95. The second kappa shape index (κ2) is 4.92. The average Bonchev–Trinajstić information content (AvgIpc) is 2.32. The number of carbonyl (C=O) groups is 1. The van der Waals surface area contributed by atoms with Crippen LogP contribution in [-0.4, -0.2) is 34.3 Å². The molecule has 1 fully saturated rings. The third kappa shape index (κ3) is 2.69. The lowest BCUT2D eigenvalue weighted by Gasteiger charge is -2.33. The fourth-order valence-corrected chi connectivity index (χ4v) is 2.24. The number of nitrogens with one attached hydrogen (secondary N) is 1. The Bertz CT molecular complexity index is 472. The first-order valence-electron chi connectivity index (χ1n) is 5.70. The number of amides is 1. The summed E-state index contributed by atoms with van der Waals surface area (Å²) in [6.07, 6.45) is 0.900. The van der Waals surface area contributed by atoms with Gasteiger partial charge in [-0.1, -0.05) is 13.0 Å². The highest BCUT2D eigenvalue weighted by Gasteiger charge is 2.28. The fraction of sp³-hybridized carbons (Fsp3) is 0.500. The number of H-pyrrole nitrogens is 1. The van der Waals surface area contributed by atoms with E-state index in [1.54, 1.807) is 17.0 Å². The zero-order valence-corrected chi connectivity index (χ0v) is 10.4. The quantitative estimate of drug-likeness (QED) is 0.772. The largest absolute Gasteiger partial charge is 0.336 e. The summed E-state index contributed by atoms with van der Waals surface area (Å²) in [6, 6.07) is 4.58. The molecule has 1 aliphatic heterocycles. The van der Waals surface area contributed by atoms with Crippen molar-refractivity contribution in [3.05, 3.63) is 34.2 Å². The second-order valence-electron chi connectivity index (χ2n) is 4.46. The van der Waals surface area contributed by atoms with Crippen LogP contribution >= 0.6 is 11.6 Å². The van der Waals surface area contributed by atoms with Crippen molar-refractivity contribution in [2.75, 3.05) is 13.1 Å². The lowest BCUT2D eigenvalue weighted by molar-refractivity contribution is 0.0695. The molecule has 0 aromatic carbocycles. The number of rotatable bonds is 1. The number of hydrogen-bond acceptors (Lipinski definition) is 2. The monoisotopic (exact) mass is 254 g/mol.